The fourth-order valence-corrected chi connectivity index (χ4v) is 1.98. The van der Waals surface area contributed by atoms with E-state index in [9.17, 15) is 4.79 Å². The number of rotatable bonds is 4. The van der Waals surface area contributed by atoms with Crippen molar-refractivity contribution in [3.8, 4) is 5.75 Å². The van der Waals surface area contributed by atoms with Crippen LogP contribution in [0.2, 0.25) is 0 Å². The summed E-state index contributed by atoms with van der Waals surface area (Å²) >= 11 is 0. The predicted molar refractivity (Wildman–Crippen MR) is 79.5 cm³/mol. The third-order valence-corrected chi connectivity index (χ3v) is 3.07. The third kappa shape index (κ3) is 2.56. The van der Waals surface area contributed by atoms with Crippen LogP contribution in [0.5, 0.6) is 5.75 Å². The van der Waals surface area contributed by atoms with Crippen LogP contribution in [-0.4, -0.2) is 32.1 Å². The molecule has 0 saturated carbocycles. The Hall–Kier alpha value is -2.56. The molecule has 0 aliphatic carbocycles. The average Bonchev–Trinajstić information content (AvgIpc) is 2.53. The lowest BCUT2D eigenvalue weighted by atomic mass is 10.2. The molecule has 104 valence electrons. The van der Waals surface area contributed by atoms with E-state index in [4.69, 9.17) is 4.74 Å². The monoisotopic (exact) mass is 271 g/mol. The molecule has 1 aromatic heterocycles. The van der Waals surface area contributed by atoms with Crippen molar-refractivity contribution in [3.63, 3.8) is 0 Å². The second-order valence-electron chi connectivity index (χ2n) is 4.21. The van der Waals surface area contributed by atoms with Crippen LogP contribution >= 0.6 is 0 Å². The van der Waals surface area contributed by atoms with Crippen molar-refractivity contribution in [2.45, 2.75) is 0 Å². The van der Waals surface area contributed by atoms with Gasteiger partial charge in [-0.25, -0.2) is 0 Å². The molecule has 5 nitrogen and oxygen atoms in total. The van der Waals surface area contributed by atoms with Crippen molar-refractivity contribution in [2.75, 3.05) is 31.4 Å². The summed E-state index contributed by atoms with van der Waals surface area (Å²) in [5, 5.41) is 2.97. The summed E-state index contributed by atoms with van der Waals surface area (Å²) in [6.45, 7) is 0. The molecule has 0 fully saturated rings. The average molecular weight is 271 g/mol. The lowest BCUT2D eigenvalue weighted by Crippen LogP contribution is -2.27. The first kappa shape index (κ1) is 13.9. The molecule has 2 rings (SSSR count). The molecule has 0 saturated heterocycles. The van der Waals surface area contributed by atoms with E-state index < -0.39 is 0 Å². The van der Waals surface area contributed by atoms with E-state index in [1.807, 2.05) is 24.3 Å². The van der Waals surface area contributed by atoms with Crippen LogP contribution in [0.25, 0.3) is 0 Å². The molecule has 20 heavy (non-hydrogen) atoms. The van der Waals surface area contributed by atoms with Crippen molar-refractivity contribution in [3.05, 3.63) is 48.3 Å². The predicted octanol–water partition coefficient (Wildman–Crippen LogP) is 2.41. The zero-order valence-electron chi connectivity index (χ0n) is 11.8. The molecule has 1 heterocycles. The first-order valence-corrected chi connectivity index (χ1v) is 6.22. The molecule has 0 unspecified atom stereocenters. The molecule has 0 radical (unpaired) electrons. The van der Waals surface area contributed by atoms with Crippen LogP contribution in [0.15, 0.2) is 42.7 Å². The molecule has 0 atom stereocenters. The fourth-order valence-electron chi connectivity index (χ4n) is 1.98. The lowest BCUT2D eigenvalue weighted by molar-refractivity contribution is 0.0993. The van der Waals surface area contributed by atoms with E-state index in [0.717, 1.165) is 5.69 Å². The Morgan fingerprint density at radius 1 is 1.30 bits per heavy atom. The van der Waals surface area contributed by atoms with Gasteiger partial charge in [-0.1, -0.05) is 12.1 Å². The molecule has 0 bridgehead atoms. The second kappa shape index (κ2) is 6.06. The SMILES string of the molecule is CNc1cnccc1C(=O)N(C)c1ccccc1OC. The molecular formula is C15H17N3O2. The van der Waals surface area contributed by atoms with E-state index >= 15 is 0 Å². The molecule has 0 aliphatic rings. The number of para-hydroxylation sites is 2. The van der Waals surface area contributed by atoms with Gasteiger partial charge in [-0.15, -0.1) is 0 Å². The maximum atomic E-state index is 12.6. The number of pyridine rings is 1. The number of ether oxygens (including phenoxy) is 1. The highest BCUT2D eigenvalue weighted by molar-refractivity contribution is 6.09. The van der Waals surface area contributed by atoms with E-state index in [2.05, 4.69) is 10.3 Å². The molecule has 1 N–H and O–H groups in total. The molecular weight excluding hydrogens is 254 g/mol. The van der Waals surface area contributed by atoms with Gasteiger partial charge < -0.3 is 15.0 Å². The maximum Gasteiger partial charge on any atom is 0.260 e. The molecule has 0 spiro atoms. The number of benzene rings is 1. The van der Waals surface area contributed by atoms with Crippen LogP contribution in [0.1, 0.15) is 10.4 Å². The van der Waals surface area contributed by atoms with Crippen molar-refractivity contribution in [1.82, 2.24) is 4.98 Å². The number of amides is 1. The van der Waals surface area contributed by atoms with Gasteiger partial charge in [0.15, 0.2) is 0 Å². The van der Waals surface area contributed by atoms with Crippen molar-refractivity contribution in [2.24, 2.45) is 0 Å². The summed E-state index contributed by atoms with van der Waals surface area (Å²) in [6, 6.07) is 9.10. The van der Waals surface area contributed by atoms with E-state index in [-0.39, 0.29) is 5.91 Å². The Bertz CT molecular complexity index is 614. The molecule has 2 aromatic rings. The topological polar surface area (TPSA) is 54.5 Å². The fraction of sp³-hybridized carbons (Fsp3) is 0.200. The summed E-state index contributed by atoms with van der Waals surface area (Å²) in [4.78, 5) is 18.2. The Labute approximate surface area is 118 Å². The molecule has 0 aliphatic heterocycles. The Morgan fingerprint density at radius 2 is 2.05 bits per heavy atom. The minimum Gasteiger partial charge on any atom is -0.495 e. The highest BCUT2D eigenvalue weighted by Crippen LogP contribution is 2.28. The molecule has 1 aromatic carbocycles. The minimum absolute atomic E-state index is 0.124. The summed E-state index contributed by atoms with van der Waals surface area (Å²) in [5.41, 5.74) is 1.98. The van der Waals surface area contributed by atoms with Gasteiger partial charge >= 0.3 is 0 Å². The van der Waals surface area contributed by atoms with E-state index in [0.29, 0.717) is 17.0 Å². The second-order valence-corrected chi connectivity index (χ2v) is 4.21. The third-order valence-electron chi connectivity index (χ3n) is 3.07. The van der Waals surface area contributed by atoms with Crippen LogP contribution < -0.4 is 15.0 Å². The Morgan fingerprint density at radius 3 is 2.75 bits per heavy atom. The quantitative estimate of drug-likeness (QED) is 0.927. The smallest absolute Gasteiger partial charge is 0.260 e. The van der Waals surface area contributed by atoms with Gasteiger partial charge in [0.05, 0.1) is 30.2 Å². The normalized spacial score (nSPS) is 9.95. The summed E-state index contributed by atoms with van der Waals surface area (Å²) < 4.78 is 5.29. The summed E-state index contributed by atoms with van der Waals surface area (Å²) in [5.74, 6) is 0.532. The number of carbonyl (C=O) groups excluding carboxylic acids is 1. The van der Waals surface area contributed by atoms with Crippen LogP contribution in [-0.2, 0) is 0 Å². The number of anilines is 2. The van der Waals surface area contributed by atoms with Gasteiger partial charge in [0.25, 0.3) is 5.91 Å². The van der Waals surface area contributed by atoms with Crippen LogP contribution in [0, 0.1) is 0 Å². The Balaban J connectivity index is 2.38. The number of hydrogen-bond acceptors (Lipinski definition) is 4. The number of nitrogens with one attached hydrogen (secondary N) is 1. The van der Waals surface area contributed by atoms with Gasteiger partial charge in [0.1, 0.15) is 5.75 Å². The largest absolute Gasteiger partial charge is 0.495 e. The highest BCUT2D eigenvalue weighted by Gasteiger charge is 2.19. The van der Waals surface area contributed by atoms with Crippen molar-refractivity contribution in [1.29, 1.82) is 0 Å². The van der Waals surface area contributed by atoms with Gasteiger partial charge in [-0.3, -0.25) is 9.78 Å². The van der Waals surface area contributed by atoms with Crippen LogP contribution in [0.3, 0.4) is 0 Å². The zero-order valence-corrected chi connectivity index (χ0v) is 11.8. The molecule has 5 heteroatoms. The van der Waals surface area contributed by atoms with E-state index in [1.54, 1.807) is 44.6 Å². The summed E-state index contributed by atoms with van der Waals surface area (Å²) in [7, 11) is 5.07. The van der Waals surface area contributed by atoms with Gasteiger partial charge in [-0.05, 0) is 18.2 Å². The number of nitrogens with zero attached hydrogens (tertiary/aromatic N) is 2. The first-order chi connectivity index (χ1) is 9.69. The van der Waals surface area contributed by atoms with Crippen molar-refractivity contribution >= 4 is 17.3 Å². The van der Waals surface area contributed by atoms with Crippen molar-refractivity contribution < 1.29 is 9.53 Å². The number of carbonyl (C=O) groups is 1. The standard InChI is InChI=1S/C15H17N3O2/c1-16-12-10-17-9-8-11(12)15(19)18(2)13-6-4-5-7-14(13)20-3/h4-10,16H,1-3H3. The number of methoxy groups -OCH3 is 1. The number of aromatic nitrogens is 1. The summed E-state index contributed by atoms with van der Waals surface area (Å²) in [6.07, 6.45) is 3.23. The number of hydrogen-bond donors (Lipinski definition) is 1. The maximum absolute atomic E-state index is 12.6. The lowest BCUT2D eigenvalue weighted by Gasteiger charge is -2.21. The zero-order chi connectivity index (χ0) is 14.5. The van der Waals surface area contributed by atoms with Gasteiger partial charge in [0.2, 0.25) is 0 Å². The van der Waals surface area contributed by atoms with Gasteiger partial charge in [0, 0.05) is 20.3 Å². The van der Waals surface area contributed by atoms with Gasteiger partial charge in [-0.2, -0.15) is 0 Å². The minimum atomic E-state index is -0.124. The first-order valence-electron chi connectivity index (χ1n) is 6.22. The molecule has 1 amide bonds. The Kier molecular flexibility index (Phi) is 4.20. The van der Waals surface area contributed by atoms with Crippen LogP contribution in [0.4, 0.5) is 11.4 Å². The van der Waals surface area contributed by atoms with E-state index in [1.165, 1.54) is 0 Å². The highest BCUT2D eigenvalue weighted by atomic mass is 16.5.